The predicted octanol–water partition coefficient (Wildman–Crippen LogP) is 3.19. The molecule has 1 saturated heterocycles. The van der Waals surface area contributed by atoms with Gasteiger partial charge in [0, 0.05) is 13.1 Å². The molecule has 2 aromatic carbocycles. The second-order valence-corrected chi connectivity index (χ2v) is 9.74. The van der Waals surface area contributed by atoms with E-state index in [1.54, 1.807) is 38.1 Å². The van der Waals surface area contributed by atoms with Gasteiger partial charge in [-0.2, -0.15) is 4.31 Å². The van der Waals surface area contributed by atoms with Crippen molar-refractivity contribution in [1.82, 2.24) is 4.31 Å². The Labute approximate surface area is 192 Å². The van der Waals surface area contributed by atoms with Crippen LogP contribution >= 0.6 is 11.6 Å². The Morgan fingerprint density at radius 1 is 1.12 bits per heavy atom. The first-order chi connectivity index (χ1) is 15.1. The van der Waals surface area contributed by atoms with Gasteiger partial charge in [0.1, 0.15) is 10.6 Å². The normalized spacial score (nSPS) is 19.4. The van der Waals surface area contributed by atoms with E-state index in [-0.39, 0.29) is 46.3 Å². The fourth-order valence-electron chi connectivity index (χ4n) is 3.46. The third-order valence-electron chi connectivity index (χ3n) is 4.91. The number of benzene rings is 2. The van der Waals surface area contributed by atoms with Gasteiger partial charge in [-0.15, -0.1) is 0 Å². The minimum Gasteiger partial charge on any atom is -0.496 e. The Morgan fingerprint density at radius 2 is 1.78 bits per heavy atom. The number of methoxy groups -OCH3 is 1. The zero-order valence-electron chi connectivity index (χ0n) is 17.9. The third kappa shape index (κ3) is 5.29. The van der Waals surface area contributed by atoms with Crippen LogP contribution in [0, 0.1) is 0 Å². The highest BCUT2D eigenvalue weighted by molar-refractivity contribution is 7.89. The van der Waals surface area contributed by atoms with E-state index in [9.17, 15) is 18.0 Å². The second kappa shape index (κ2) is 9.99. The van der Waals surface area contributed by atoms with Crippen LogP contribution in [0.2, 0.25) is 5.02 Å². The zero-order valence-corrected chi connectivity index (χ0v) is 19.5. The van der Waals surface area contributed by atoms with Gasteiger partial charge in [-0.05, 0) is 44.2 Å². The average molecular weight is 482 g/mol. The van der Waals surface area contributed by atoms with Crippen molar-refractivity contribution in [1.29, 1.82) is 0 Å². The topological polar surface area (TPSA) is 99.2 Å². The molecule has 1 aliphatic heterocycles. The number of ketones is 1. The number of carbonyl (C=O) groups excluding carboxylic acids is 2. The molecule has 8 nitrogen and oxygen atoms in total. The van der Waals surface area contributed by atoms with Crippen LogP contribution in [0.15, 0.2) is 47.4 Å². The SMILES string of the molecule is COc1ccccc1C(=O)COC(=O)c1ccc(Cl)c(S(=O)(=O)N2CC(C)OC(C)C2)c1. The Morgan fingerprint density at radius 3 is 2.44 bits per heavy atom. The molecule has 0 spiro atoms. The number of nitrogens with zero attached hydrogens (tertiary/aromatic N) is 1. The molecule has 0 aromatic heterocycles. The van der Waals surface area contributed by atoms with Crippen LogP contribution in [0.25, 0.3) is 0 Å². The summed E-state index contributed by atoms with van der Waals surface area (Å²) in [5, 5.41) is -0.0153. The van der Waals surface area contributed by atoms with Gasteiger partial charge in [-0.25, -0.2) is 13.2 Å². The van der Waals surface area contributed by atoms with E-state index in [0.29, 0.717) is 5.75 Å². The summed E-state index contributed by atoms with van der Waals surface area (Å²) in [5.41, 5.74) is 0.243. The minimum absolute atomic E-state index is 0.0153. The number of halogens is 1. The maximum atomic E-state index is 13.2. The van der Waals surface area contributed by atoms with Crippen molar-refractivity contribution in [3.63, 3.8) is 0 Å². The summed E-state index contributed by atoms with van der Waals surface area (Å²) >= 11 is 6.16. The van der Waals surface area contributed by atoms with Crippen LogP contribution in [0.3, 0.4) is 0 Å². The van der Waals surface area contributed by atoms with Crippen LogP contribution in [-0.4, -0.2) is 63.5 Å². The van der Waals surface area contributed by atoms with Crippen LogP contribution in [0.5, 0.6) is 5.75 Å². The summed E-state index contributed by atoms with van der Waals surface area (Å²) in [4.78, 5) is 24.7. The zero-order chi connectivity index (χ0) is 23.5. The maximum Gasteiger partial charge on any atom is 0.338 e. The summed E-state index contributed by atoms with van der Waals surface area (Å²) in [6.45, 7) is 3.39. The Hall–Kier alpha value is -2.46. The Kier molecular flexibility index (Phi) is 7.55. The number of hydrogen-bond donors (Lipinski definition) is 0. The molecule has 32 heavy (non-hydrogen) atoms. The van der Waals surface area contributed by atoms with Gasteiger partial charge in [0.25, 0.3) is 0 Å². The number of sulfonamides is 1. The molecule has 0 amide bonds. The number of Topliss-reactive ketones (excluding diaryl/α,β-unsaturated/α-hetero) is 1. The first kappa shape index (κ1) is 24.2. The number of ether oxygens (including phenoxy) is 3. The van der Waals surface area contributed by atoms with Crippen LogP contribution in [0.4, 0.5) is 0 Å². The molecular weight excluding hydrogens is 458 g/mol. The van der Waals surface area contributed by atoms with E-state index in [4.69, 9.17) is 25.8 Å². The van der Waals surface area contributed by atoms with Crippen molar-refractivity contribution in [2.45, 2.75) is 31.0 Å². The maximum absolute atomic E-state index is 13.2. The first-order valence-corrected chi connectivity index (χ1v) is 11.7. The molecule has 0 saturated carbocycles. The smallest absolute Gasteiger partial charge is 0.338 e. The molecule has 0 aliphatic carbocycles. The van der Waals surface area contributed by atoms with Crippen molar-refractivity contribution in [2.75, 3.05) is 26.8 Å². The molecule has 0 N–H and O–H groups in total. The van der Waals surface area contributed by atoms with E-state index in [1.807, 2.05) is 0 Å². The predicted molar refractivity (Wildman–Crippen MR) is 118 cm³/mol. The molecular formula is C22H24ClNO7S. The van der Waals surface area contributed by atoms with Gasteiger partial charge in [-0.1, -0.05) is 23.7 Å². The molecule has 1 fully saturated rings. The summed E-state index contributed by atoms with van der Waals surface area (Å²) in [6.07, 6.45) is -0.553. The lowest BCUT2D eigenvalue weighted by molar-refractivity contribution is -0.0440. The van der Waals surface area contributed by atoms with Gasteiger partial charge in [0.15, 0.2) is 6.61 Å². The lowest BCUT2D eigenvalue weighted by atomic mass is 10.1. The van der Waals surface area contributed by atoms with E-state index in [1.165, 1.54) is 29.6 Å². The van der Waals surface area contributed by atoms with Gasteiger partial charge < -0.3 is 14.2 Å². The van der Waals surface area contributed by atoms with Gasteiger partial charge in [0.2, 0.25) is 15.8 Å². The number of para-hydroxylation sites is 1. The van der Waals surface area contributed by atoms with Crippen molar-refractivity contribution < 1.29 is 32.2 Å². The third-order valence-corrected chi connectivity index (χ3v) is 7.23. The van der Waals surface area contributed by atoms with E-state index >= 15 is 0 Å². The van der Waals surface area contributed by atoms with Crippen molar-refractivity contribution in [3.8, 4) is 5.75 Å². The molecule has 0 radical (unpaired) electrons. The lowest BCUT2D eigenvalue weighted by Crippen LogP contribution is -2.48. The largest absolute Gasteiger partial charge is 0.496 e. The fraction of sp³-hybridized carbons (Fsp3) is 0.364. The number of carbonyl (C=O) groups is 2. The van der Waals surface area contributed by atoms with Crippen molar-refractivity contribution in [2.24, 2.45) is 0 Å². The van der Waals surface area contributed by atoms with Crippen LogP contribution < -0.4 is 4.74 Å². The molecule has 172 valence electrons. The van der Waals surface area contributed by atoms with Gasteiger partial charge >= 0.3 is 5.97 Å². The molecule has 1 heterocycles. The lowest BCUT2D eigenvalue weighted by Gasteiger charge is -2.34. The summed E-state index contributed by atoms with van der Waals surface area (Å²) in [5.74, 6) is -0.929. The van der Waals surface area contributed by atoms with Crippen LogP contribution in [-0.2, 0) is 19.5 Å². The van der Waals surface area contributed by atoms with Gasteiger partial charge in [0.05, 0.1) is 35.5 Å². The standard InChI is InChI=1S/C22H24ClNO7S/c1-14-11-24(12-15(2)31-14)32(27,28)21-10-16(8-9-18(21)23)22(26)30-13-19(25)17-6-4-5-7-20(17)29-3/h4-10,14-15H,11-13H2,1-3H3. The van der Waals surface area contributed by atoms with Crippen molar-refractivity contribution in [3.05, 3.63) is 58.6 Å². The van der Waals surface area contributed by atoms with E-state index in [0.717, 1.165) is 0 Å². The van der Waals surface area contributed by atoms with Gasteiger partial charge in [-0.3, -0.25) is 4.79 Å². The molecule has 2 aromatic rings. The number of morpholine rings is 1. The number of rotatable bonds is 7. The molecule has 1 aliphatic rings. The number of hydrogen-bond acceptors (Lipinski definition) is 7. The molecule has 3 rings (SSSR count). The minimum atomic E-state index is -3.97. The molecule has 2 atom stereocenters. The van der Waals surface area contributed by atoms with Crippen LogP contribution in [0.1, 0.15) is 34.6 Å². The summed E-state index contributed by atoms with van der Waals surface area (Å²) in [7, 11) is -2.53. The number of esters is 1. The van der Waals surface area contributed by atoms with Crippen molar-refractivity contribution >= 4 is 33.4 Å². The average Bonchev–Trinajstić information content (AvgIpc) is 2.76. The Bertz CT molecular complexity index is 1110. The monoisotopic (exact) mass is 481 g/mol. The quantitative estimate of drug-likeness (QED) is 0.442. The molecule has 0 bridgehead atoms. The first-order valence-electron chi connectivity index (χ1n) is 9.92. The summed E-state index contributed by atoms with van der Waals surface area (Å²) in [6, 6.07) is 10.4. The highest BCUT2D eigenvalue weighted by Gasteiger charge is 2.34. The molecule has 10 heteroatoms. The van der Waals surface area contributed by atoms with E-state index < -0.39 is 28.4 Å². The summed E-state index contributed by atoms with van der Waals surface area (Å²) < 4.78 is 43.5. The molecule has 2 unspecified atom stereocenters. The highest BCUT2D eigenvalue weighted by atomic mass is 35.5. The highest BCUT2D eigenvalue weighted by Crippen LogP contribution is 2.28. The second-order valence-electron chi connectivity index (χ2n) is 7.42. The Balaban J connectivity index is 1.77. The fourth-order valence-corrected chi connectivity index (χ4v) is 5.55. The van der Waals surface area contributed by atoms with E-state index in [2.05, 4.69) is 0 Å².